The number of piperidine rings is 1. The van der Waals surface area contributed by atoms with E-state index >= 15 is 0 Å². The molecule has 10 heteroatoms. The second-order valence-corrected chi connectivity index (χ2v) is 14.6. The van der Waals surface area contributed by atoms with Gasteiger partial charge in [0.1, 0.15) is 0 Å². The fraction of sp³-hybridized carbons (Fsp3) is 0.375. The topological polar surface area (TPSA) is 71.0 Å². The van der Waals surface area contributed by atoms with Crippen LogP contribution in [0.5, 0.6) is 0 Å². The van der Waals surface area contributed by atoms with E-state index in [1.54, 1.807) is 16.8 Å². The largest absolute Gasteiger partial charge is 0.389 e. The number of H-pyrrole nitrogens is 1. The number of amides is 1. The first-order valence-corrected chi connectivity index (χ1v) is 17.9. The molecule has 8 rings (SSSR count). The summed E-state index contributed by atoms with van der Waals surface area (Å²) in [5.74, 6) is -0.873. The number of nitrogens with one attached hydrogen (secondary N) is 1. The molecule has 2 aliphatic carbocycles. The van der Waals surface area contributed by atoms with Gasteiger partial charge in [-0.25, -0.2) is 9.78 Å². The van der Waals surface area contributed by atoms with Crippen molar-refractivity contribution in [1.82, 2.24) is 19.4 Å². The number of carbonyl (C=O) groups excluding carboxylic acids is 1. The molecule has 0 saturated carbocycles. The molecule has 3 heterocycles. The predicted octanol–water partition coefficient (Wildman–Crippen LogP) is 9.05. The van der Waals surface area contributed by atoms with Crippen molar-refractivity contribution in [2.75, 3.05) is 13.1 Å². The number of nitrogens with zero attached hydrogens (tertiary/aromatic N) is 3. The minimum absolute atomic E-state index is 0.0289. The van der Waals surface area contributed by atoms with Crippen LogP contribution in [0, 0.1) is 11.8 Å². The van der Waals surface area contributed by atoms with Crippen LogP contribution < -0.4 is 5.69 Å². The quantitative estimate of drug-likeness (QED) is 0.192. The number of carbonyl (C=O) groups is 1. The number of alkyl halides is 3. The maximum Gasteiger partial charge on any atom is 0.389 e. The van der Waals surface area contributed by atoms with E-state index in [0.29, 0.717) is 62.3 Å². The van der Waals surface area contributed by atoms with Crippen LogP contribution in [0.4, 0.5) is 13.2 Å². The third kappa shape index (κ3) is 6.25. The van der Waals surface area contributed by atoms with Gasteiger partial charge in [-0.15, -0.1) is 0 Å². The molecule has 1 aliphatic heterocycles. The maximum absolute atomic E-state index is 13.9. The fourth-order valence-electron chi connectivity index (χ4n) is 8.90. The van der Waals surface area contributed by atoms with Crippen LogP contribution in [0.15, 0.2) is 83.3 Å². The molecule has 6 nitrogen and oxygen atoms in total. The first kappa shape index (κ1) is 32.8. The van der Waals surface area contributed by atoms with Crippen molar-refractivity contribution < 1.29 is 18.0 Å². The summed E-state index contributed by atoms with van der Waals surface area (Å²) in [6, 6.07) is 22.0. The van der Waals surface area contributed by atoms with Gasteiger partial charge in [-0.3, -0.25) is 14.3 Å². The Kier molecular flexibility index (Phi) is 8.58. The lowest BCUT2D eigenvalue weighted by molar-refractivity contribution is -0.145. The SMILES string of the molecule is O=C(CC1CC(CC(F)(F)F)CC2=C1CCc1c2ccc2ccc(Cc3ccccc3)c(Cl)c12)N1CCC(n2c(=O)[nH]c3ncccc32)CC1. The van der Waals surface area contributed by atoms with E-state index < -0.39 is 18.5 Å². The number of hydrogen-bond donors (Lipinski definition) is 1. The van der Waals surface area contributed by atoms with Gasteiger partial charge in [-0.2, -0.15) is 13.2 Å². The van der Waals surface area contributed by atoms with Gasteiger partial charge in [0.25, 0.3) is 0 Å². The highest BCUT2D eigenvalue weighted by Gasteiger charge is 2.40. The molecule has 1 saturated heterocycles. The van der Waals surface area contributed by atoms with Crippen molar-refractivity contribution in [3.05, 3.63) is 116 Å². The maximum atomic E-state index is 13.9. The molecular weight excluding hydrogens is 661 g/mol. The monoisotopic (exact) mass is 698 g/mol. The molecule has 0 spiro atoms. The van der Waals surface area contributed by atoms with Gasteiger partial charge in [0.15, 0.2) is 5.65 Å². The molecule has 258 valence electrons. The van der Waals surface area contributed by atoms with Gasteiger partial charge >= 0.3 is 11.9 Å². The van der Waals surface area contributed by atoms with Crippen molar-refractivity contribution in [3.8, 4) is 0 Å². The summed E-state index contributed by atoms with van der Waals surface area (Å²) in [6.07, 6.45) is 0.753. The number of fused-ring (bicyclic) bond motifs is 5. The Bertz CT molecular complexity index is 2180. The lowest BCUT2D eigenvalue weighted by Gasteiger charge is -2.39. The number of hydrogen-bond acceptors (Lipinski definition) is 3. The van der Waals surface area contributed by atoms with Crippen molar-refractivity contribution in [2.45, 2.75) is 70.0 Å². The standard InChI is InChI=1S/C40H38ClF3N4O2/c41-37-27(19-24-5-2-1-3-6-24)9-8-26-10-11-31-32(36(26)37)13-12-30-28(20-25(21-33(30)31)23-40(42,43)44)22-35(49)47-17-14-29(15-18-47)48-34-7-4-16-45-38(34)46-39(48)50/h1-11,16,25,28-29H,12-15,17-23H2,(H,45,46,50). The molecule has 1 fully saturated rings. The van der Waals surface area contributed by atoms with Gasteiger partial charge in [0.05, 0.1) is 10.5 Å². The molecule has 5 aromatic rings. The van der Waals surface area contributed by atoms with Crippen LogP contribution >= 0.6 is 11.6 Å². The van der Waals surface area contributed by atoms with Crippen LogP contribution in [-0.2, 0) is 17.6 Å². The number of aromatic amines is 1. The summed E-state index contributed by atoms with van der Waals surface area (Å²) in [4.78, 5) is 35.5. The molecule has 2 aromatic heterocycles. The van der Waals surface area contributed by atoms with Gasteiger partial charge in [-0.05, 0) is 102 Å². The van der Waals surface area contributed by atoms with Gasteiger partial charge in [0.2, 0.25) is 5.91 Å². The Balaban J connectivity index is 1.06. The summed E-state index contributed by atoms with van der Waals surface area (Å²) >= 11 is 7.14. The highest BCUT2D eigenvalue weighted by molar-refractivity contribution is 6.36. The number of rotatable bonds is 6. The van der Waals surface area contributed by atoms with E-state index in [2.05, 4.69) is 40.3 Å². The van der Waals surface area contributed by atoms with Crippen molar-refractivity contribution in [1.29, 1.82) is 0 Å². The van der Waals surface area contributed by atoms with E-state index in [-0.39, 0.29) is 30.0 Å². The van der Waals surface area contributed by atoms with Crippen LogP contribution in [0.2, 0.25) is 5.02 Å². The minimum atomic E-state index is -4.29. The Morgan fingerprint density at radius 1 is 0.980 bits per heavy atom. The first-order valence-electron chi connectivity index (χ1n) is 17.5. The summed E-state index contributed by atoms with van der Waals surface area (Å²) in [7, 11) is 0. The molecule has 2 unspecified atom stereocenters. The van der Waals surface area contributed by atoms with Gasteiger partial charge in [-0.1, -0.05) is 71.8 Å². The number of likely N-dealkylation sites (tertiary alicyclic amines) is 1. The summed E-state index contributed by atoms with van der Waals surface area (Å²) < 4.78 is 43.3. The van der Waals surface area contributed by atoms with Gasteiger partial charge in [0, 0.05) is 43.6 Å². The number of allylic oxidation sites excluding steroid dienone is 2. The lowest BCUT2D eigenvalue weighted by Crippen LogP contribution is -2.41. The second-order valence-electron chi connectivity index (χ2n) is 14.2. The number of benzene rings is 3. The van der Waals surface area contributed by atoms with Crippen molar-refractivity contribution in [3.63, 3.8) is 0 Å². The summed E-state index contributed by atoms with van der Waals surface area (Å²) in [5.41, 5.74) is 7.46. The number of aromatic nitrogens is 3. The van der Waals surface area contributed by atoms with E-state index in [0.717, 1.165) is 56.1 Å². The van der Waals surface area contributed by atoms with Crippen LogP contribution in [-0.4, -0.2) is 44.6 Å². The zero-order chi connectivity index (χ0) is 34.6. The number of imidazole rings is 1. The average molecular weight is 699 g/mol. The second kappa shape index (κ2) is 13.1. The predicted molar refractivity (Wildman–Crippen MR) is 190 cm³/mol. The highest BCUT2D eigenvalue weighted by atomic mass is 35.5. The highest BCUT2D eigenvalue weighted by Crippen LogP contribution is 2.50. The Labute approximate surface area is 293 Å². The molecule has 1 N–H and O–H groups in total. The molecule has 50 heavy (non-hydrogen) atoms. The molecule has 0 bridgehead atoms. The molecule has 2 atom stereocenters. The molecule has 1 amide bonds. The van der Waals surface area contributed by atoms with E-state index in [4.69, 9.17) is 11.6 Å². The van der Waals surface area contributed by atoms with E-state index in [1.165, 1.54) is 0 Å². The number of pyridine rings is 1. The van der Waals surface area contributed by atoms with Crippen molar-refractivity contribution in [2.24, 2.45) is 11.8 Å². The van der Waals surface area contributed by atoms with Gasteiger partial charge < -0.3 is 4.90 Å². The molecule has 3 aromatic carbocycles. The third-order valence-corrected chi connectivity index (χ3v) is 11.6. The molecular formula is C40H38ClF3N4O2. The minimum Gasteiger partial charge on any atom is -0.343 e. The Morgan fingerprint density at radius 2 is 1.76 bits per heavy atom. The normalized spacial score (nSPS) is 20.0. The van der Waals surface area contributed by atoms with Crippen LogP contribution in [0.1, 0.15) is 73.2 Å². The number of aryl methyl sites for hydroxylation is 1. The average Bonchev–Trinajstić information content (AvgIpc) is 3.44. The zero-order valence-electron chi connectivity index (χ0n) is 27.6. The molecule has 0 radical (unpaired) electrons. The smallest absolute Gasteiger partial charge is 0.343 e. The first-order chi connectivity index (χ1) is 24.1. The van der Waals surface area contributed by atoms with Crippen LogP contribution in [0.25, 0.3) is 27.5 Å². The lowest BCUT2D eigenvalue weighted by atomic mass is 9.67. The summed E-state index contributed by atoms with van der Waals surface area (Å²) in [6.45, 7) is 0.984. The Morgan fingerprint density at radius 3 is 2.54 bits per heavy atom. The number of halogens is 4. The van der Waals surface area contributed by atoms with E-state index in [1.807, 2.05) is 35.2 Å². The zero-order valence-corrected chi connectivity index (χ0v) is 28.4. The van der Waals surface area contributed by atoms with Crippen LogP contribution in [0.3, 0.4) is 0 Å². The third-order valence-electron chi connectivity index (χ3n) is 11.1. The fourth-order valence-corrected chi connectivity index (χ4v) is 9.25. The Hall–Kier alpha value is -4.37. The summed E-state index contributed by atoms with van der Waals surface area (Å²) in [5, 5.41) is 2.72. The van der Waals surface area contributed by atoms with Crippen molar-refractivity contribution >= 4 is 45.0 Å². The molecule has 3 aliphatic rings. The van der Waals surface area contributed by atoms with E-state index in [9.17, 15) is 22.8 Å².